The molecule has 0 bridgehead atoms. The van der Waals surface area contributed by atoms with Crippen molar-refractivity contribution in [3.05, 3.63) is 46.6 Å². The lowest BCUT2D eigenvalue weighted by Gasteiger charge is -2.33. The molecular formula is C16H19BrN2O. The number of nitrogens with zero attached hydrogens (tertiary/aromatic N) is 1. The summed E-state index contributed by atoms with van der Waals surface area (Å²) in [6.45, 7) is 6.34. The zero-order chi connectivity index (χ0) is 13.9. The molecule has 0 radical (unpaired) electrons. The number of halogens is 1. The maximum atomic E-state index is 5.98. The summed E-state index contributed by atoms with van der Waals surface area (Å²) in [6, 6.07) is 12.9. The van der Waals surface area contributed by atoms with Crippen LogP contribution in [-0.2, 0) is 6.54 Å². The molecule has 106 valence electrons. The minimum Gasteiger partial charge on any atom is -0.460 e. The van der Waals surface area contributed by atoms with E-state index in [-0.39, 0.29) is 0 Å². The molecule has 4 heteroatoms. The molecule has 0 aliphatic carbocycles. The first-order valence-corrected chi connectivity index (χ1v) is 7.81. The normalized spacial score (nSPS) is 20.2. The van der Waals surface area contributed by atoms with Crippen molar-refractivity contribution in [3.63, 3.8) is 0 Å². The molecule has 1 aliphatic rings. The van der Waals surface area contributed by atoms with Crippen LogP contribution in [0.15, 0.2) is 45.3 Å². The number of rotatable bonds is 3. The minimum atomic E-state index is 0.560. The molecule has 1 aromatic carbocycles. The van der Waals surface area contributed by atoms with Crippen molar-refractivity contribution in [3.8, 4) is 11.3 Å². The second-order valence-electron chi connectivity index (χ2n) is 5.30. The SMILES string of the molecule is CC1CNCCN1Cc1ccc(-c2ccc(Br)cc2)o1. The van der Waals surface area contributed by atoms with Gasteiger partial charge in [-0.05, 0) is 31.2 Å². The number of benzene rings is 1. The van der Waals surface area contributed by atoms with Crippen molar-refractivity contribution >= 4 is 15.9 Å². The van der Waals surface area contributed by atoms with E-state index >= 15 is 0 Å². The smallest absolute Gasteiger partial charge is 0.134 e. The monoisotopic (exact) mass is 334 g/mol. The lowest BCUT2D eigenvalue weighted by atomic mass is 10.2. The molecule has 3 rings (SSSR count). The van der Waals surface area contributed by atoms with E-state index in [2.05, 4.69) is 57.3 Å². The Morgan fingerprint density at radius 3 is 2.80 bits per heavy atom. The van der Waals surface area contributed by atoms with Crippen molar-refractivity contribution in [1.29, 1.82) is 0 Å². The van der Waals surface area contributed by atoms with Crippen LogP contribution in [0.2, 0.25) is 0 Å². The largest absolute Gasteiger partial charge is 0.460 e. The van der Waals surface area contributed by atoms with Gasteiger partial charge in [-0.1, -0.05) is 28.1 Å². The molecule has 1 N–H and O–H groups in total. The number of furan rings is 1. The van der Waals surface area contributed by atoms with Gasteiger partial charge in [0.25, 0.3) is 0 Å². The quantitative estimate of drug-likeness (QED) is 0.931. The topological polar surface area (TPSA) is 28.4 Å². The molecule has 3 nitrogen and oxygen atoms in total. The standard InChI is InChI=1S/C16H19BrN2O/c1-12-10-18-8-9-19(12)11-15-6-7-16(20-15)13-2-4-14(17)5-3-13/h2-7,12,18H,8-11H2,1H3. The molecule has 1 aromatic heterocycles. The van der Waals surface area contributed by atoms with Gasteiger partial charge in [0.2, 0.25) is 0 Å². The lowest BCUT2D eigenvalue weighted by Crippen LogP contribution is -2.49. The predicted molar refractivity (Wildman–Crippen MR) is 84.6 cm³/mol. The summed E-state index contributed by atoms with van der Waals surface area (Å²) in [6.07, 6.45) is 0. The molecular weight excluding hydrogens is 316 g/mol. The Morgan fingerprint density at radius 2 is 2.05 bits per heavy atom. The van der Waals surface area contributed by atoms with Crippen LogP contribution in [0.1, 0.15) is 12.7 Å². The Kier molecular flexibility index (Phi) is 4.24. The van der Waals surface area contributed by atoms with E-state index in [1.54, 1.807) is 0 Å². The predicted octanol–water partition coefficient (Wildman–Crippen LogP) is 3.50. The highest BCUT2D eigenvalue weighted by molar-refractivity contribution is 9.10. The van der Waals surface area contributed by atoms with Gasteiger partial charge in [-0.3, -0.25) is 4.90 Å². The molecule has 0 amide bonds. The van der Waals surface area contributed by atoms with Crippen LogP contribution >= 0.6 is 15.9 Å². The van der Waals surface area contributed by atoms with Crippen LogP contribution in [0.4, 0.5) is 0 Å². The van der Waals surface area contributed by atoms with Crippen LogP contribution in [0.5, 0.6) is 0 Å². The minimum absolute atomic E-state index is 0.560. The summed E-state index contributed by atoms with van der Waals surface area (Å²) < 4.78 is 7.07. The maximum Gasteiger partial charge on any atom is 0.134 e. The van der Waals surface area contributed by atoms with Crippen LogP contribution in [0.25, 0.3) is 11.3 Å². The Balaban J connectivity index is 1.71. The first kappa shape index (κ1) is 13.9. The summed E-state index contributed by atoms with van der Waals surface area (Å²) in [5.41, 5.74) is 1.12. The molecule has 1 atom stereocenters. The van der Waals surface area contributed by atoms with E-state index in [1.807, 2.05) is 12.1 Å². The van der Waals surface area contributed by atoms with Gasteiger partial charge in [-0.2, -0.15) is 0 Å². The average Bonchev–Trinajstić information content (AvgIpc) is 2.91. The van der Waals surface area contributed by atoms with E-state index in [4.69, 9.17) is 4.42 Å². The van der Waals surface area contributed by atoms with Crippen molar-refractivity contribution < 1.29 is 4.42 Å². The van der Waals surface area contributed by atoms with E-state index in [1.165, 1.54) is 0 Å². The van der Waals surface area contributed by atoms with E-state index in [9.17, 15) is 0 Å². The first-order chi connectivity index (χ1) is 9.72. The highest BCUT2D eigenvalue weighted by Crippen LogP contribution is 2.25. The Hall–Kier alpha value is -1.10. The summed E-state index contributed by atoms with van der Waals surface area (Å²) in [5.74, 6) is 1.98. The van der Waals surface area contributed by atoms with Gasteiger partial charge in [0, 0.05) is 35.7 Å². The Morgan fingerprint density at radius 1 is 1.25 bits per heavy atom. The van der Waals surface area contributed by atoms with Gasteiger partial charge in [0.1, 0.15) is 11.5 Å². The van der Waals surface area contributed by atoms with Crippen LogP contribution < -0.4 is 5.32 Å². The fourth-order valence-corrected chi connectivity index (χ4v) is 2.81. The molecule has 0 saturated carbocycles. The Bertz CT molecular complexity index is 564. The van der Waals surface area contributed by atoms with Gasteiger partial charge >= 0.3 is 0 Å². The number of hydrogen-bond donors (Lipinski definition) is 1. The van der Waals surface area contributed by atoms with Gasteiger partial charge < -0.3 is 9.73 Å². The fourth-order valence-electron chi connectivity index (χ4n) is 2.55. The molecule has 1 saturated heterocycles. The molecule has 1 unspecified atom stereocenters. The van der Waals surface area contributed by atoms with Crippen LogP contribution in [-0.4, -0.2) is 30.6 Å². The van der Waals surface area contributed by atoms with Gasteiger partial charge in [0.05, 0.1) is 6.54 Å². The molecule has 2 heterocycles. The van der Waals surface area contributed by atoms with Gasteiger partial charge in [-0.15, -0.1) is 0 Å². The lowest BCUT2D eigenvalue weighted by molar-refractivity contribution is 0.154. The summed E-state index contributed by atoms with van der Waals surface area (Å²) in [5, 5.41) is 3.41. The van der Waals surface area contributed by atoms with Crippen LogP contribution in [0, 0.1) is 0 Å². The average molecular weight is 335 g/mol. The summed E-state index contributed by atoms with van der Waals surface area (Å²) >= 11 is 3.45. The van der Waals surface area contributed by atoms with Crippen molar-refractivity contribution in [2.45, 2.75) is 19.5 Å². The highest BCUT2D eigenvalue weighted by atomic mass is 79.9. The third kappa shape index (κ3) is 3.14. The van der Waals surface area contributed by atoms with Crippen LogP contribution in [0.3, 0.4) is 0 Å². The van der Waals surface area contributed by atoms with Crippen molar-refractivity contribution in [2.24, 2.45) is 0 Å². The van der Waals surface area contributed by atoms with E-state index < -0.39 is 0 Å². The van der Waals surface area contributed by atoms with E-state index in [0.717, 1.165) is 47.7 Å². The van der Waals surface area contributed by atoms with Crippen molar-refractivity contribution in [2.75, 3.05) is 19.6 Å². The maximum absolute atomic E-state index is 5.98. The Labute approximate surface area is 128 Å². The third-order valence-electron chi connectivity index (χ3n) is 3.79. The molecule has 1 aliphatic heterocycles. The molecule has 2 aromatic rings. The second kappa shape index (κ2) is 6.12. The first-order valence-electron chi connectivity index (χ1n) is 7.02. The van der Waals surface area contributed by atoms with Gasteiger partial charge in [0.15, 0.2) is 0 Å². The highest BCUT2D eigenvalue weighted by Gasteiger charge is 2.19. The molecule has 0 spiro atoms. The third-order valence-corrected chi connectivity index (χ3v) is 4.32. The van der Waals surface area contributed by atoms with Gasteiger partial charge in [-0.25, -0.2) is 0 Å². The van der Waals surface area contributed by atoms with E-state index in [0.29, 0.717) is 6.04 Å². The second-order valence-corrected chi connectivity index (χ2v) is 6.21. The molecule has 20 heavy (non-hydrogen) atoms. The number of piperazine rings is 1. The molecule has 1 fully saturated rings. The number of hydrogen-bond acceptors (Lipinski definition) is 3. The fraction of sp³-hybridized carbons (Fsp3) is 0.375. The zero-order valence-corrected chi connectivity index (χ0v) is 13.2. The summed E-state index contributed by atoms with van der Waals surface area (Å²) in [7, 11) is 0. The number of nitrogens with one attached hydrogen (secondary N) is 1. The van der Waals surface area contributed by atoms with Crippen molar-refractivity contribution in [1.82, 2.24) is 10.2 Å². The summed E-state index contributed by atoms with van der Waals surface area (Å²) in [4.78, 5) is 2.46. The zero-order valence-electron chi connectivity index (χ0n) is 11.6.